The molecule has 7 nitrogen and oxygen atoms in total. The first-order valence-electron chi connectivity index (χ1n) is 13.6. The number of carboxylic acids is 1. The minimum Gasteiger partial charge on any atom is -0.493 e. The van der Waals surface area contributed by atoms with Gasteiger partial charge in [-0.25, -0.2) is 9.37 Å². The van der Waals surface area contributed by atoms with Crippen LogP contribution in [0.25, 0.3) is 0 Å². The van der Waals surface area contributed by atoms with E-state index in [0.29, 0.717) is 18.7 Å². The number of likely N-dealkylation sites (tertiary alicyclic amines) is 1. The standard InChI is InChI=1S/C29H41FN4O3/c1-19(2)21-16-24(27(37-4)25(30)17-21)26(29(35)36)34-15-12-23(18-34)33(3)14-6-5-9-22-11-10-20-8-7-13-31-28(20)32-22/h10-11,16-17,19,23,26H,5-9,12-15,18H2,1-4H3,(H,31,32)(H,35,36)/t23-,26+/m0/s1. The molecule has 1 aromatic heterocycles. The summed E-state index contributed by atoms with van der Waals surface area (Å²) in [6.07, 6.45) is 6.22. The third-order valence-electron chi connectivity index (χ3n) is 7.82. The Labute approximate surface area is 220 Å². The number of hydrogen-bond acceptors (Lipinski definition) is 6. The molecule has 8 heteroatoms. The molecule has 3 heterocycles. The Morgan fingerprint density at radius 1 is 1.32 bits per heavy atom. The molecule has 1 aromatic carbocycles. The highest BCUT2D eigenvalue weighted by Gasteiger charge is 2.37. The molecule has 2 aliphatic heterocycles. The monoisotopic (exact) mass is 512 g/mol. The molecule has 0 bridgehead atoms. The Balaban J connectivity index is 1.34. The van der Waals surface area contributed by atoms with Gasteiger partial charge in [-0.3, -0.25) is 9.69 Å². The normalized spacial score (nSPS) is 18.6. The number of benzene rings is 1. The lowest BCUT2D eigenvalue weighted by Gasteiger charge is -2.29. The van der Waals surface area contributed by atoms with Gasteiger partial charge in [0.1, 0.15) is 11.9 Å². The number of rotatable bonds is 11. The van der Waals surface area contributed by atoms with Crippen LogP contribution in [0.3, 0.4) is 0 Å². The van der Waals surface area contributed by atoms with Crippen molar-refractivity contribution in [2.75, 3.05) is 45.7 Å². The molecule has 202 valence electrons. The minimum absolute atomic E-state index is 0.0274. The van der Waals surface area contributed by atoms with E-state index in [0.717, 1.165) is 62.3 Å². The summed E-state index contributed by atoms with van der Waals surface area (Å²) in [6.45, 7) is 7.16. The van der Waals surface area contributed by atoms with E-state index in [4.69, 9.17) is 9.72 Å². The topological polar surface area (TPSA) is 77.9 Å². The SMILES string of the molecule is COc1c(F)cc(C(C)C)cc1[C@H](C(=O)O)N1CC[C@H](N(C)CCCCc2ccc3c(n2)NCCC3)C1. The number of halogens is 1. The summed E-state index contributed by atoms with van der Waals surface area (Å²) in [4.78, 5) is 21.5. The first kappa shape index (κ1) is 27.3. The van der Waals surface area contributed by atoms with Gasteiger partial charge in [-0.1, -0.05) is 19.9 Å². The summed E-state index contributed by atoms with van der Waals surface area (Å²) >= 11 is 0. The number of fused-ring (bicyclic) bond motifs is 1. The van der Waals surface area contributed by atoms with Crippen molar-refractivity contribution in [1.82, 2.24) is 14.8 Å². The van der Waals surface area contributed by atoms with Crippen molar-refractivity contribution in [2.45, 2.75) is 70.4 Å². The van der Waals surface area contributed by atoms with Crippen molar-refractivity contribution in [3.05, 3.63) is 52.5 Å². The van der Waals surface area contributed by atoms with Crippen LogP contribution in [0.15, 0.2) is 24.3 Å². The first-order chi connectivity index (χ1) is 17.8. The molecular formula is C29H41FN4O3. The zero-order chi connectivity index (χ0) is 26.5. The Kier molecular flexibility index (Phi) is 9.03. The van der Waals surface area contributed by atoms with Crippen LogP contribution < -0.4 is 10.1 Å². The number of carboxylic acid groups (broad SMARTS) is 1. The van der Waals surface area contributed by atoms with Gasteiger partial charge in [0.05, 0.1) is 7.11 Å². The quantitative estimate of drug-likeness (QED) is 0.416. The second kappa shape index (κ2) is 12.2. The largest absolute Gasteiger partial charge is 0.493 e. The number of ether oxygens (including phenoxy) is 1. The van der Waals surface area contributed by atoms with E-state index in [-0.39, 0.29) is 17.7 Å². The van der Waals surface area contributed by atoms with Crippen LogP contribution >= 0.6 is 0 Å². The van der Waals surface area contributed by atoms with Gasteiger partial charge in [0.2, 0.25) is 0 Å². The van der Waals surface area contributed by atoms with Crippen LogP contribution in [-0.2, 0) is 17.6 Å². The van der Waals surface area contributed by atoms with Gasteiger partial charge in [-0.05, 0) is 87.4 Å². The molecule has 0 amide bonds. The fourth-order valence-electron chi connectivity index (χ4n) is 5.59. The maximum Gasteiger partial charge on any atom is 0.325 e. The molecule has 0 unspecified atom stereocenters. The lowest BCUT2D eigenvalue weighted by Crippen LogP contribution is -2.38. The fourth-order valence-corrected chi connectivity index (χ4v) is 5.59. The summed E-state index contributed by atoms with van der Waals surface area (Å²) < 4.78 is 20.1. The van der Waals surface area contributed by atoms with Gasteiger partial charge < -0.3 is 20.1 Å². The highest BCUT2D eigenvalue weighted by molar-refractivity contribution is 5.77. The second-order valence-corrected chi connectivity index (χ2v) is 10.7. The lowest BCUT2D eigenvalue weighted by atomic mass is 9.95. The Morgan fingerprint density at radius 2 is 2.14 bits per heavy atom. The molecule has 37 heavy (non-hydrogen) atoms. The van der Waals surface area contributed by atoms with Crippen LogP contribution in [-0.4, -0.2) is 72.2 Å². The van der Waals surface area contributed by atoms with Crippen LogP contribution in [0, 0.1) is 5.82 Å². The van der Waals surface area contributed by atoms with Crippen molar-refractivity contribution in [3.8, 4) is 5.75 Å². The molecule has 2 aliphatic rings. The minimum atomic E-state index is -0.978. The van der Waals surface area contributed by atoms with Crippen molar-refractivity contribution < 1.29 is 19.0 Å². The number of nitrogens with zero attached hydrogens (tertiary/aromatic N) is 3. The molecule has 1 fully saturated rings. The van der Waals surface area contributed by atoms with Crippen LogP contribution in [0.5, 0.6) is 5.75 Å². The van der Waals surface area contributed by atoms with E-state index in [2.05, 4.69) is 29.4 Å². The number of aliphatic carboxylic acids is 1. The molecule has 2 atom stereocenters. The Bertz CT molecular complexity index is 1090. The molecule has 2 aromatic rings. The number of nitrogens with one attached hydrogen (secondary N) is 1. The van der Waals surface area contributed by atoms with Crippen molar-refractivity contribution in [2.24, 2.45) is 0 Å². The average Bonchev–Trinajstić information content (AvgIpc) is 3.36. The van der Waals surface area contributed by atoms with Crippen molar-refractivity contribution in [1.29, 1.82) is 0 Å². The zero-order valence-electron chi connectivity index (χ0n) is 22.6. The number of methoxy groups -OCH3 is 1. The van der Waals surface area contributed by atoms with Gasteiger partial charge in [-0.15, -0.1) is 0 Å². The molecular weight excluding hydrogens is 471 g/mol. The number of aromatic nitrogens is 1. The Hall–Kier alpha value is -2.71. The van der Waals surface area contributed by atoms with Gasteiger partial charge in [0, 0.05) is 36.9 Å². The number of unbranched alkanes of at least 4 members (excludes halogenated alkanes) is 1. The van der Waals surface area contributed by atoms with Gasteiger partial charge >= 0.3 is 5.97 Å². The maximum atomic E-state index is 14.8. The van der Waals surface area contributed by atoms with E-state index in [1.54, 1.807) is 6.07 Å². The predicted molar refractivity (Wildman–Crippen MR) is 144 cm³/mol. The number of likely N-dealkylation sites (N-methyl/N-ethyl adjacent to an activating group) is 1. The third kappa shape index (κ3) is 6.41. The fraction of sp³-hybridized carbons (Fsp3) is 0.586. The number of pyridine rings is 1. The highest BCUT2D eigenvalue weighted by Crippen LogP contribution is 2.37. The summed E-state index contributed by atoms with van der Waals surface area (Å²) in [7, 11) is 3.51. The van der Waals surface area contributed by atoms with Gasteiger partial charge in [-0.2, -0.15) is 0 Å². The van der Waals surface area contributed by atoms with Gasteiger partial charge in [0.25, 0.3) is 0 Å². The Morgan fingerprint density at radius 3 is 2.86 bits per heavy atom. The number of aryl methyl sites for hydroxylation is 2. The highest BCUT2D eigenvalue weighted by atomic mass is 19.1. The van der Waals surface area contributed by atoms with E-state index in [9.17, 15) is 14.3 Å². The molecule has 1 saturated heterocycles. The molecule has 0 saturated carbocycles. The van der Waals surface area contributed by atoms with E-state index >= 15 is 0 Å². The lowest BCUT2D eigenvalue weighted by molar-refractivity contribution is -0.143. The van der Waals surface area contributed by atoms with E-state index < -0.39 is 17.8 Å². The molecule has 0 aliphatic carbocycles. The summed E-state index contributed by atoms with van der Waals surface area (Å²) in [6, 6.07) is 6.93. The van der Waals surface area contributed by atoms with Crippen LogP contribution in [0.2, 0.25) is 0 Å². The summed E-state index contributed by atoms with van der Waals surface area (Å²) in [5.74, 6) is -0.324. The van der Waals surface area contributed by atoms with Gasteiger partial charge in [0.15, 0.2) is 11.6 Å². The van der Waals surface area contributed by atoms with Crippen LogP contribution in [0.4, 0.5) is 10.2 Å². The van der Waals surface area contributed by atoms with Crippen LogP contribution in [0.1, 0.15) is 73.9 Å². The average molecular weight is 513 g/mol. The maximum absolute atomic E-state index is 14.8. The predicted octanol–water partition coefficient (Wildman–Crippen LogP) is 4.87. The number of anilines is 1. The van der Waals surface area contributed by atoms with E-state index in [1.807, 2.05) is 18.7 Å². The smallest absolute Gasteiger partial charge is 0.325 e. The summed E-state index contributed by atoms with van der Waals surface area (Å²) in [5.41, 5.74) is 3.62. The molecule has 2 N–H and O–H groups in total. The first-order valence-corrected chi connectivity index (χ1v) is 13.6. The number of carbonyl (C=O) groups is 1. The number of hydrogen-bond donors (Lipinski definition) is 2. The molecule has 0 radical (unpaired) electrons. The molecule has 0 spiro atoms. The van der Waals surface area contributed by atoms with Crippen molar-refractivity contribution >= 4 is 11.8 Å². The zero-order valence-corrected chi connectivity index (χ0v) is 22.6. The van der Waals surface area contributed by atoms with Crippen molar-refractivity contribution in [3.63, 3.8) is 0 Å². The summed E-state index contributed by atoms with van der Waals surface area (Å²) in [5, 5.41) is 13.6. The third-order valence-corrected chi connectivity index (χ3v) is 7.82. The second-order valence-electron chi connectivity index (χ2n) is 10.7. The van der Waals surface area contributed by atoms with E-state index in [1.165, 1.54) is 25.2 Å². The molecule has 4 rings (SSSR count).